The highest BCUT2D eigenvalue weighted by atomic mass is 19.4. The molecule has 1 atom stereocenters. The molecule has 2 aromatic rings. The fraction of sp³-hybridized carbons (Fsp3) is 0.417. The first kappa shape index (κ1) is 25.1. The van der Waals surface area contributed by atoms with Gasteiger partial charge >= 0.3 is 18.1 Å². The first-order valence-electron chi connectivity index (χ1n) is 10.9. The lowest BCUT2D eigenvalue weighted by Crippen LogP contribution is -2.46. The van der Waals surface area contributed by atoms with E-state index in [0.717, 1.165) is 23.3 Å². The van der Waals surface area contributed by atoms with E-state index in [1.54, 1.807) is 4.90 Å². The number of esters is 2. The minimum absolute atomic E-state index is 0.212. The van der Waals surface area contributed by atoms with E-state index in [1.165, 1.54) is 0 Å². The van der Waals surface area contributed by atoms with Crippen LogP contribution in [0.1, 0.15) is 29.5 Å². The van der Waals surface area contributed by atoms with Gasteiger partial charge in [0.25, 0.3) is 0 Å². The molecule has 35 heavy (non-hydrogen) atoms. The largest absolute Gasteiger partial charge is 0.505 e. The molecule has 2 aliphatic heterocycles. The summed E-state index contributed by atoms with van der Waals surface area (Å²) in [7, 11) is 0. The zero-order chi connectivity index (χ0) is 25.4. The topological polar surface area (TPSA) is 76.1 Å². The highest BCUT2D eigenvalue weighted by Gasteiger charge is 2.45. The molecular weight excluding hydrogens is 477 g/mol. The Kier molecular flexibility index (Phi) is 6.83. The number of alkyl halides is 3. The molecule has 1 N–H and O–H groups in total. The van der Waals surface area contributed by atoms with Crippen LogP contribution in [0.5, 0.6) is 5.75 Å². The number of rotatable bonds is 5. The van der Waals surface area contributed by atoms with Gasteiger partial charge in [-0.3, -0.25) is 4.79 Å². The molecule has 0 bridgehead atoms. The Hall–Kier alpha value is -3.05. The molecule has 11 heteroatoms. The Morgan fingerprint density at radius 2 is 1.80 bits per heavy atom. The Morgan fingerprint density at radius 3 is 2.49 bits per heavy atom. The highest BCUT2D eigenvalue weighted by Crippen LogP contribution is 2.44. The third-order valence-electron chi connectivity index (χ3n) is 6.53. The second kappa shape index (κ2) is 9.54. The Labute approximate surface area is 197 Å². The number of hydrogen-bond donors (Lipinski definition) is 1. The van der Waals surface area contributed by atoms with Gasteiger partial charge in [-0.1, -0.05) is 24.3 Å². The van der Waals surface area contributed by atoms with Gasteiger partial charge in [0.1, 0.15) is 5.82 Å². The van der Waals surface area contributed by atoms with Crippen molar-refractivity contribution in [3.8, 4) is 5.75 Å². The quantitative estimate of drug-likeness (QED) is 0.381. The second-order valence-corrected chi connectivity index (χ2v) is 8.71. The summed E-state index contributed by atoms with van der Waals surface area (Å²) in [6.07, 6.45) is -5.06. The number of benzene rings is 2. The lowest BCUT2D eigenvalue weighted by atomic mass is 9.83. The Balaban J connectivity index is 1.51. The monoisotopic (exact) mass is 499 g/mol. The molecule has 0 aromatic heterocycles. The van der Waals surface area contributed by atoms with Crippen molar-refractivity contribution < 1.29 is 46.1 Å². The fourth-order valence-electron chi connectivity index (χ4n) is 4.68. The van der Waals surface area contributed by atoms with Crippen LogP contribution in [0.15, 0.2) is 36.4 Å². The summed E-state index contributed by atoms with van der Waals surface area (Å²) >= 11 is 0. The molecule has 0 amide bonds. The van der Waals surface area contributed by atoms with Crippen molar-refractivity contribution in [2.75, 3.05) is 19.6 Å². The van der Waals surface area contributed by atoms with Gasteiger partial charge in [-0.05, 0) is 42.5 Å². The number of phenols is 1. The maximum atomic E-state index is 14.3. The van der Waals surface area contributed by atoms with E-state index >= 15 is 0 Å². The van der Waals surface area contributed by atoms with Crippen molar-refractivity contribution in [1.82, 2.24) is 4.90 Å². The fourth-order valence-corrected chi connectivity index (χ4v) is 4.68. The van der Waals surface area contributed by atoms with Crippen LogP contribution in [0, 0.1) is 17.6 Å². The summed E-state index contributed by atoms with van der Waals surface area (Å²) < 4.78 is 76.5. The van der Waals surface area contributed by atoms with E-state index in [9.17, 15) is 36.6 Å². The van der Waals surface area contributed by atoms with E-state index in [2.05, 4.69) is 4.74 Å². The van der Waals surface area contributed by atoms with Crippen LogP contribution in [-0.4, -0.2) is 47.8 Å². The number of piperidine rings is 1. The minimum atomic E-state index is -5.41. The molecule has 6 nitrogen and oxygen atoms in total. The molecule has 2 aliphatic rings. The number of hydrogen-bond acceptors (Lipinski definition) is 6. The van der Waals surface area contributed by atoms with Crippen LogP contribution in [0.3, 0.4) is 0 Å². The van der Waals surface area contributed by atoms with E-state index in [0.29, 0.717) is 32.5 Å². The van der Waals surface area contributed by atoms with Crippen LogP contribution in [0.25, 0.3) is 0 Å². The maximum absolute atomic E-state index is 14.3. The third-order valence-corrected chi connectivity index (χ3v) is 6.53. The van der Waals surface area contributed by atoms with Gasteiger partial charge in [0.15, 0.2) is 11.6 Å². The maximum Gasteiger partial charge on any atom is 0.491 e. The molecule has 1 saturated heterocycles. The lowest BCUT2D eigenvalue weighted by molar-refractivity contribution is -0.203. The zero-order valence-corrected chi connectivity index (χ0v) is 18.4. The summed E-state index contributed by atoms with van der Waals surface area (Å²) in [6, 6.07) is 9.32. The van der Waals surface area contributed by atoms with Crippen molar-refractivity contribution >= 4 is 11.9 Å². The van der Waals surface area contributed by atoms with Gasteiger partial charge in [-0.2, -0.15) is 13.2 Å². The molecule has 188 valence electrons. The van der Waals surface area contributed by atoms with Crippen molar-refractivity contribution in [3.63, 3.8) is 0 Å². The van der Waals surface area contributed by atoms with E-state index in [4.69, 9.17) is 4.74 Å². The summed E-state index contributed by atoms with van der Waals surface area (Å²) in [5.41, 5.74) is 0.935. The molecule has 0 aliphatic carbocycles. The van der Waals surface area contributed by atoms with E-state index in [1.807, 2.05) is 24.3 Å². The normalized spacial score (nSPS) is 18.3. The lowest BCUT2D eigenvalue weighted by Gasteiger charge is -2.40. The molecule has 1 fully saturated rings. The number of likely N-dealkylation sites (tertiary alicyclic amines) is 1. The second-order valence-electron chi connectivity index (χ2n) is 8.71. The predicted octanol–water partition coefficient (Wildman–Crippen LogP) is 3.98. The van der Waals surface area contributed by atoms with E-state index in [-0.39, 0.29) is 6.54 Å². The van der Waals surface area contributed by atoms with Crippen LogP contribution in [-0.2, 0) is 37.7 Å². The average molecular weight is 499 g/mol. The van der Waals surface area contributed by atoms with Crippen LogP contribution >= 0.6 is 0 Å². The molecule has 2 heterocycles. The zero-order valence-electron chi connectivity index (χ0n) is 18.4. The summed E-state index contributed by atoms with van der Waals surface area (Å²) in [5.74, 6) is -9.07. The van der Waals surface area contributed by atoms with Gasteiger partial charge in [0, 0.05) is 25.2 Å². The average Bonchev–Trinajstić information content (AvgIpc) is 3.17. The first-order valence-corrected chi connectivity index (χ1v) is 10.9. The first-order chi connectivity index (χ1) is 16.5. The van der Waals surface area contributed by atoms with Crippen molar-refractivity contribution in [2.24, 2.45) is 5.92 Å². The van der Waals surface area contributed by atoms with Gasteiger partial charge in [0.05, 0.1) is 18.1 Å². The number of nitrogens with zero attached hydrogens (tertiary/aromatic N) is 1. The molecule has 0 saturated carbocycles. The number of carbonyl (C=O) groups excluding carboxylic acids is 2. The molecule has 1 unspecified atom stereocenters. The Morgan fingerprint density at radius 1 is 1.11 bits per heavy atom. The number of ether oxygens (including phenoxy) is 2. The number of phenolic OH excluding ortho intramolecular Hbond substituents is 1. The van der Waals surface area contributed by atoms with Gasteiger partial charge in [-0.25, -0.2) is 13.6 Å². The van der Waals surface area contributed by atoms with Crippen LogP contribution in [0.2, 0.25) is 0 Å². The molecule has 4 rings (SSSR count). The molecule has 1 spiro atoms. The molecular formula is C24H22F5NO5. The van der Waals surface area contributed by atoms with Gasteiger partial charge in [-0.15, -0.1) is 0 Å². The van der Waals surface area contributed by atoms with Crippen molar-refractivity contribution in [3.05, 3.63) is 64.7 Å². The Bertz CT molecular complexity index is 1130. The smallest absolute Gasteiger partial charge is 0.491 e. The number of aromatic hydroxyl groups is 1. The predicted molar refractivity (Wildman–Crippen MR) is 111 cm³/mol. The molecule has 0 radical (unpaired) electrons. The SMILES string of the molecule is O=C(OC(=O)C(F)(F)F)C(Cc1c(F)ccc(O)c1F)CN1CCC2(CC1)OCc1ccccc12. The number of fused-ring (bicyclic) bond motifs is 2. The molecule has 2 aromatic carbocycles. The summed E-state index contributed by atoms with van der Waals surface area (Å²) in [6.45, 7) is 1.02. The van der Waals surface area contributed by atoms with Gasteiger partial charge in [0.2, 0.25) is 0 Å². The number of carbonyl (C=O) groups is 2. The summed E-state index contributed by atoms with van der Waals surface area (Å²) in [4.78, 5) is 25.5. The highest BCUT2D eigenvalue weighted by molar-refractivity contribution is 5.89. The standard InChI is InChI=1S/C24H22F5NO5/c25-18-5-6-19(31)20(26)16(18)11-15(21(32)35-22(33)24(27,28)29)12-30-9-7-23(8-10-30)17-4-2-1-3-14(17)13-34-23/h1-6,15,31H,7-13H2. The summed E-state index contributed by atoms with van der Waals surface area (Å²) in [5, 5.41) is 9.56. The minimum Gasteiger partial charge on any atom is -0.505 e. The van der Waals surface area contributed by atoms with Crippen LogP contribution in [0.4, 0.5) is 22.0 Å². The van der Waals surface area contributed by atoms with Crippen molar-refractivity contribution in [1.29, 1.82) is 0 Å². The van der Waals surface area contributed by atoms with Crippen LogP contribution < -0.4 is 0 Å². The third kappa shape index (κ3) is 5.15. The van der Waals surface area contributed by atoms with Crippen molar-refractivity contribution in [2.45, 2.75) is 37.6 Å². The van der Waals surface area contributed by atoms with E-state index < -0.39 is 59.0 Å². The van der Waals surface area contributed by atoms with Gasteiger partial charge < -0.3 is 19.5 Å². The number of halogens is 5.